The molecule has 2 heterocycles. The molecule has 3 rings (SSSR count). The number of hydrogen-bond donors (Lipinski definition) is 0. The minimum atomic E-state index is -0.258. The van der Waals surface area contributed by atoms with Gasteiger partial charge in [-0.3, -0.25) is 0 Å². The molecule has 0 aliphatic carbocycles. The number of aromatic nitrogens is 2. The summed E-state index contributed by atoms with van der Waals surface area (Å²) in [5, 5.41) is 4.93. The zero-order valence-corrected chi connectivity index (χ0v) is 14.5. The zero-order valence-electron chi connectivity index (χ0n) is 13.7. The highest BCUT2D eigenvalue weighted by atomic mass is 35.5. The van der Waals surface area contributed by atoms with Gasteiger partial charge in [0.15, 0.2) is 5.82 Å². The molecule has 1 fully saturated rings. The molecule has 0 bridgehead atoms. The van der Waals surface area contributed by atoms with E-state index < -0.39 is 0 Å². The van der Waals surface area contributed by atoms with Gasteiger partial charge in [-0.15, -0.1) is 0 Å². The Labute approximate surface area is 142 Å². The third-order valence-electron chi connectivity index (χ3n) is 4.57. The highest BCUT2D eigenvalue weighted by Gasteiger charge is 2.41. The van der Waals surface area contributed by atoms with Gasteiger partial charge in [-0.2, -0.15) is 4.98 Å². The fourth-order valence-corrected chi connectivity index (χ4v) is 3.21. The molecule has 1 aliphatic heterocycles. The van der Waals surface area contributed by atoms with Crippen molar-refractivity contribution >= 4 is 11.6 Å². The summed E-state index contributed by atoms with van der Waals surface area (Å²) in [6.45, 7) is 5.81. The monoisotopic (exact) mass is 334 g/mol. The summed E-state index contributed by atoms with van der Waals surface area (Å²) in [5.41, 5.74) is 0.913. The number of aryl methyl sites for hydroxylation is 1. The van der Waals surface area contributed by atoms with Gasteiger partial charge in [0.25, 0.3) is 0 Å². The van der Waals surface area contributed by atoms with E-state index in [1.807, 2.05) is 12.1 Å². The molecule has 23 heavy (non-hydrogen) atoms. The van der Waals surface area contributed by atoms with Crippen LogP contribution in [0.5, 0.6) is 0 Å². The smallest absolute Gasteiger partial charge is 0.237 e. The average Bonchev–Trinajstić information content (AvgIpc) is 3.04. The Balaban J connectivity index is 1.91. The van der Waals surface area contributed by atoms with Crippen molar-refractivity contribution < 1.29 is 9.26 Å². The number of hydrogen-bond acceptors (Lipinski definition) is 4. The topological polar surface area (TPSA) is 48.2 Å². The van der Waals surface area contributed by atoms with Crippen molar-refractivity contribution in [2.24, 2.45) is 5.92 Å². The summed E-state index contributed by atoms with van der Waals surface area (Å²) in [4.78, 5) is 4.71. The van der Waals surface area contributed by atoms with Crippen LogP contribution in [0.4, 0.5) is 0 Å². The SMILES string of the molecule is CC(C)CCc1noc(C2(c3ccc(Cl)cc3)CCOCC2)n1. The summed E-state index contributed by atoms with van der Waals surface area (Å²) in [7, 11) is 0. The lowest BCUT2D eigenvalue weighted by Gasteiger charge is -2.34. The van der Waals surface area contributed by atoms with Gasteiger partial charge in [0.2, 0.25) is 5.89 Å². The van der Waals surface area contributed by atoms with E-state index in [0.717, 1.165) is 36.5 Å². The second-order valence-electron chi connectivity index (χ2n) is 6.65. The molecule has 1 aliphatic rings. The third kappa shape index (κ3) is 3.59. The molecule has 4 nitrogen and oxygen atoms in total. The van der Waals surface area contributed by atoms with E-state index in [1.165, 1.54) is 5.56 Å². The maximum absolute atomic E-state index is 6.04. The first-order valence-corrected chi connectivity index (χ1v) is 8.65. The minimum Gasteiger partial charge on any atom is -0.381 e. The Morgan fingerprint density at radius 2 is 1.87 bits per heavy atom. The van der Waals surface area contributed by atoms with Gasteiger partial charge in [-0.25, -0.2) is 0 Å². The van der Waals surface area contributed by atoms with E-state index in [9.17, 15) is 0 Å². The van der Waals surface area contributed by atoms with Crippen molar-refractivity contribution in [1.82, 2.24) is 10.1 Å². The van der Waals surface area contributed by atoms with Crippen LogP contribution in [0.1, 0.15) is 50.4 Å². The molecule has 1 aromatic carbocycles. The van der Waals surface area contributed by atoms with Crippen LogP contribution < -0.4 is 0 Å². The normalized spacial score (nSPS) is 17.6. The molecule has 0 radical (unpaired) electrons. The van der Waals surface area contributed by atoms with E-state index in [1.54, 1.807) is 0 Å². The molecule has 0 atom stereocenters. The summed E-state index contributed by atoms with van der Waals surface area (Å²) >= 11 is 6.04. The van der Waals surface area contributed by atoms with E-state index in [-0.39, 0.29) is 5.41 Å². The highest BCUT2D eigenvalue weighted by molar-refractivity contribution is 6.30. The molecule has 2 aromatic rings. The van der Waals surface area contributed by atoms with Gasteiger partial charge in [-0.1, -0.05) is 42.7 Å². The van der Waals surface area contributed by atoms with Crippen molar-refractivity contribution in [3.05, 3.63) is 46.6 Å². The van der Waals surface area contributed by atoms with Crippen LogP contribution in [0.3, 0.4) is 0 Å². The Morgan fingerprint density at radius 3 is 2.52 bits per heavy atom. The molecule has 0 N–H and O–H groups in total. The van der Waals surface area contributed by atoms with Crippen LogP contribution in [0.25, 0.3) is 0 Å². The van der Waals surface area contributed by atoms with Crippen LogP contribution in [-0.2, 0) is 16.6 Å². The van der Waals surface area contributed by atoms with E-state index in [4.69, 9.17) is 25.8 Å². The van der Waals surface area contributed by atoms with Crippen molar-refractivity contribution in [3.63, 3.8) is 0 Å². The fourth-order valence-electron chi connectivity index (χ4n) is 3.08. The molecular weight excluding hydrogens is 312 g/mol. The van der Waals surface area contributed by atoms with Crippen molar-refractivity contribution in [3.8, 4) is 0 Å². The molecule has 0 unspecified atom stereocenters. The quantitative estimate of drug-likeness (QED) is 0.812. The number of nitrogens with zero attached hydrogens (tertiary/aromatic N) is 2. The van der Waals surface area contributed by atoms with Gasteiger partial charge in [-0.05, 0) is 42.9 Å². The Morgan fingerprint density at radius 1 is 1.17 bits per heavy atom. The van der Waals surface area contributed by atoms with Crippen LogP contribution in [0, 0.1) is 5.92 Å². The van der Waals surface area contributed by atoms with Crippen molar-refractivity contribution in [2.75, 3.05) is 13.2 Å². The van der Waals surface area contributed by atoms with E-state index in [0.29, 0.717) is 25.0 Å². The van der Waals surface area contributed by atoms with Gasteiger partial charge >= 0.3 is 0 Å². The van der Waals surface area contributed by atoms with Crippen molar-refractivity contribution in [1.29, 1.82) is 0 Å². The average molecular weight is 335 g/mol. The van der Waals surface area contributed by atoms with Crippen LogP contribution in [0.15, 0.2) is 28.8 Å². The third-order valence-corrected chi connectivity index (χ3v) is 4.82. The Bertz CT molecular complexity index is 631. The molecule has 1 aromatic heterocycles. The molecular formula is C18H23ClN2O2. The van der Waals surface area contributed by atoms with Crippen molar-refractivity contribution in [2.45, 2.75) is 44.9 Å². The highest BCUT2D eigenvalue weighted by Crippen LogP contribution is 2.40. The summed E-state index contributed by atoms with van der Waals surface area (Å²) < 4.78 is 11.2. The first-order chi connectivity index (χ1) is 11.1. The molecule has 1 saturated heterocycles. The molecule has 0 amide bonds. The summed E-state index contributed by atoms with van der Waals surface area (Å²) in [6.07, 6.45) is 3.62. The lowest BCUT2D eigenvalue weighted by atomic mass is 9.74. The number of rotatable bonds is 5. The maximum atomic E-state index is 6.04. The van der Waals surface area contributed by atoms with Gasteiger partial charge < -0.3 is 9.26 Å². The predicted molar refractivity (Wildman–Crippen MR) is 89.7 cm³/mol. The Kier molecular flexibility index (Phi) is 5.02. The largest absolute Gasteiger partial charge is 0.381 e. The maximum Gasteiger partial charge on any atom is 0.237 e. The Hall–Kier alpha value is -1.39. The molecule has 0 saturated carbocycles. The van der Waals surface area contributed by atoms with Crippen LogP contribution in [-0.4, -0.2) is 23.4 Å². The second-order valence-corrected chi connectivity index (χ2v) is 7.09. The summed E-state index contributed by atoms with van der Waals surface area (Å²) in [5.74, 6) is 2.14. The van der Waals surface area contributed by atoms with E-state index in [2.05, 4.69) is 31.1 Å². The van der Waals surface area contributed by atoms with E-state index >= 15 is 0 Å². The van der Waals surface area contributed by atoms with Crippen LogP contribution in [0.2, 0.25) is 5.02 Å². The first-order valence-electron chi connectivity index (χ1n) is 8.27. The van der Waals surface area contributed by atoms with Gasteiger partial charge in [0.05, 0.1) is 5.41 Å². The molecule has 124 valence electrons. The fraction of sp³-hybridized carbons (Fsp3) is 0.556. The van der Waals surface area contributed by atoms with Crippen LogP contribution >= 0.6 is 11.6 Å². The predicted octanol–water partition coefficient (Wildman–Crippen LogP) is 4.41. The second kappa shape index (κ2) is 7.02. The standard InChI is InChI=1S/C18H23ClN2O2/c1-13(2)3-8-16-20-17(23-21-16)18(9-11-22-12-10-18)14-4-6-15(19)7-5-14/h4-7,13H,3,8-12H2,1-2H3. The number of halogens is 1. The molecule has 0 spiro atoms. The number of ether oxygens (including phenoxy) is 1. The first kappa shape index (κ1) is 16.5. The summed E-state index contributed by atoms with van der Waals surface area (Å²) in [6, 6.07) is 7.96. The zero-order chi connectivity index (χ0) is 16.3. The lowest BCUT2D eigenvalue weighted by molar-refractivity contribution is 0.0523. The van der Waals surface area contributed by atoms with Gasteiger partial charge in [0, 0.05) is 24.7 Å². The minimum absolute atomic E-state index is 0.258. The molecule has 5 heteroatoms. The lowest BCUT2D eigenvalue weighted by Crippen LogP contribution is -2.35. The number of benzene rings is 1. The van der Waals surface area contributed by atoms with Gasteiger partial charge in [0.1, 0.15) is 0 Å².